The summed E-state index contributed by atoms with van der Waals surface area (Å²) in [6.45, 7) is 5.05. The Kier molecular flexibility index (Phi) is 1.98. The highest BCUT2D eigenvalue weighted by atomic mass is 15.0. The minimum atomic E-state index is 0.847. The van der Waals surface area contributed by atoms with Crippen molar-refractivity contribution in [1.29, 1.82) is 0 Å². The second-order valence-electron chi connectivity index (χ2n) is 2.12. The van der Waals surface area contributed by atoms with E-state index in [2.05, 4.69) is 23.8 Å². The molecule has 0 aromatic heterocycles. The Balaban J connectivity index is 2.52. The van der Waals surface area contributed by atoms with E-state index in [9.17, 15) is 0 Å². The van der Waals surface area contributed by atoms with Crippen LogP contribution in [0.4, 0.5) is 0 Å². The standard InChI is InChI=1S/C7H12N2/c1-3-6-5-8-7(4-2)9-6/h3-5H2,1-2H3. The molecule has 0 aromatic rings. The minimum absolute atomic E-state index is 0.847. The molecule has 0 radical (unpaired) electrons. The molecule has 1 aliphatic heterocycles. The summed E-state index contributed by atoms with van der Waals surface area (Å²) in [6.07, 6.45) is 2.02. The lowest BCUT2D eigenvalue weighted by Gasteiger charge is -1.86. The van der Waals surface area contributed by atoms with Crippen LogP contribution in [0.15, 0.2) is 9.98 Å². The number of hydrogen-bond donors (Lipinski definition) is 0. The molecular weight excluding hydrogens is 112 g/mol. The molecule has 0 aromatic carbocycles. The molecular formula is C7H12N2. The molecule has 0 N–H and O–H groups in total. The molecule has 0 unspecified atom stereocenters. The molecule has 1 rings (SSSR count). The summed E-state index contributed by atoms with van der Waals surface area (Å²) < 4.78 is 0. The zero-order valence-corrected chi connectivity index (χ0v) is 6.02. The van der Waals surface area contributed by atoms with Crippen LogP contribution in [0.5, 0.6) is 0 Å². The number of nitrogens with zero attached hydrogens (tertiary/aromatic N) is 2. The predicted molar refractivity (Wildman–Crippen MR) is 40.3 cm³/mol. The van der Waals surface area contributed by atoms with E-state index in [1.165, 1.54) is 5.71 Å². The largest absolute Gasteiger partial charge is 0.264 e. The van der Waals surface area contributed by atoms with Gasteiger partial charge in [-0.15, -0.1) is 0 Å². The second kappa shape index (κ2) is 2.76. The van der Waals surface area contributed by atoms with Crippen LogP contribution in [0.2, 0.25) is 0 Å². The minimum Gasteiger partial charge on any atom is -0.264 e. The van der Waals surface area contributed by atoms with Gasteiger partial charge in [-0.05, 0) is 6.42 Å². The van der Waals surface area contributed by atoms with Gasteiger partial charge in [0.15, 0.2) is 0 Å². The Morgan fingerprint density at radius 3 is 2.44 bits per heavy atom. The molecule has 0 saturated heterocycles. The molecule has 1 aliphatic rings. The Labute approximate surface area is 55.7 Å². The van der Waals surface area contributed by atoms with Crippen molar-refractivity contribution in [3.63, 3.8) is 0 Å². The highest BCUT2D eigenvalue weighted by Gasteiger charge is 2.04. The average molecular weight is 124 g/mol. The zero-order valence-electron chi connectivity index (χ0n) is 6.02. The fourth-order valence-corrected chi connectivity index (χ4v) is 0.817. The van der Waals surface area contributed by atoms with E-state index in [1.807, 2.05) is 0 Å². The molecule has 0 saturated carbocycles. The van der Waals surface area contributed by atoms with E-state index in [4.69, 9.17) is 0 Å². The van der Waals surface area contributed by atoms with E-state index in [-0.39, 0.29) is 0 Å². The van der Waals surface area contributed by atoms with E-state index in [0.29, 0.717) is 0 Å². The van der Waals surface area contributed by atoms with Gasteiger partial charge in [-0.2, -0.15) is 0 Å². The van der Waals surface area contributed by atoms with Gasteiger partial charge in [0, 0.05) is 12.1 Å². The lowest BCUT2D eigenvalue weighted by molar-refractivity contribution is 1.20. The van der Waals surface area contributed by atoms with Crippen molar-refractivity contribution >= 4 is 11.5 Å². The predicted octanol–water partition coefficient (Wildman–Crippen LogP) is 1.66. The summed E-state index contributed by atoms with van der Waals surface area (Å²) in [5.74, 6) is 1.02. The van der Waals surface area contributed by atoms with Crippen molar-refractivity contribution in [1.82, 2.24) is 0 Å². The zero-order chi connectivity index (χ0) is 6.69. The first kappa shape index (κ1) is 6.46. The van der Waals surface area contributed by atoms with Gasteiger partial charge in [-0.3, -0.25) is 4.99 Å². The molecule has 50 valence electrons. The number of aliphatic imine (C=N–C) groups is 2. The highest BCUT2D eigenvalue weighted by Crippen LogP contribution is 2.01. The third kappa shape index (κ3) is 1.37. The number of amidine groups is 1. The monoisotopic (exact) mass is 124 g/mol. The van der Waals surface area contributed by atoms with Crippen molar-refractivity contribution < 1.29 is 0 Å². The first-order chi connectivity index (χ1) is 4.36. The molecule has 9 heavy (non-hydrogen) atoms. The third-order valence-corrected chi connectivity index (χ3v) is 1.46. The quantitative estimate of drug-likeness (QED) is 0.535. The number of rotatable bonds is 2. The highest BCUT2D eigenvalue weighted by molar-refractivity contribution is 6.03. The van der Waals surface area contributed by atoms with E-state index < -0.39 is 0 Å². The summed E-state index contributed by atoms with van der Waals surface area (Å²) in [5, 5.41) is 0. The van der Waals surface area contributed by atoms with Crippen LogP contribution in [-0.4, -0.2) is 18.1 Å². The van der Waals surface area contributed by atoms with Crippen molar-refractivity contribution in [3.05, 3.63) is 0 Å². The van der Waals surface area contributed by atoms with E-state index in [1.54, 1.807) is 0 Å². The molecule has 0 atom stereocenters. The van der Waals surface area contributed by atoms with Crippen LogP contribution in [-0.2, 0) is 0 Å². The van der Waals surface area contributed by atoms with Crippen molar-refractivity contribution in [3.8, 4) is 0 Å². The van der Waals surface area contributed by atoms with E-state index >= 15 is 0 Å². The van der Waals surface area contributed by atoms with Gasteiger partial charge < -0.3 is 0 Å². The topological polar surface area (TPSA) is 24.7 Å². The van der Waals surface area contributed by atoms with Crippen LogP contribution in [0, 0.1) is 0 Å². The average Bonchev–Trinajstić information content (AvgIpc) is 2.34. The Morgan fingerprint density at radius 1 is 1.33 bits per heavy atom. The van der Waals surface area contributed by atoms with E-state index in [0.717, 1.165) is 25.2 Å². The lowest BCUT2D eigenvalue weighted by Crippen LogP contribution is -1.94. The Hall–Kier alpha value is -0.660. The van der Waals surface area contributed by atoms with Crippen LogP contribution >= 0.6 is 0 Å². The summed E-state index contributed by atoms with van der Waals surface area (Å²) >= 11 is 0. The van der Waals surface area contributed by atoms with Gasteiger partial charge in [0.1, 0.15) is 5.84 Å². The van der Waals surface area contributed by atoms with Crippen LogP contribution in [0.1, 0.15) is 26.7 Å². The third-order valence-electron chi connectivity index (χ3n) is 1.46. The van der Waals surface area contributed by atoms with Gasteiger partial charge in [0.25, 0.3) is 0 Å². The molecule has 0 spiro atoms. The summed E-state index contributed by atoms with van der Waals surface area (Å²) in [4.78, 5) is 8.51. The van der Waals surface area contributed by atoms with Gasteiger partial charge in [-0.1, -0.05) is 13.8 Å². The van der Waals surface area contributed by atoms with Gasteiger partial charge >= 0.3 is 0 Å². The lowest BCUT2D eigenvalue weighted by atomic mass is 10.3. The van der Waals surface area contributed by atoms with Crippen molar-refractivity contribution in [2.45, 2.75) is 26.7 Å². The maximum atomic E-state index is 4.29. The van der Waals surface area contributed by atoms with Gasteiger partial charge in [0.05, 0.1) is 6.54 Å². The fraction of sp³-hybridized carbons (Fsp3) is 0.714. The van der Waals surface area contributed by atoms with Crippen LogP contribution < -0.4 is 0 Å². The van der Waals surface area contributed by atoms with Crippen molar-refractivity contribution in [2.75, 3.05) is 6.54 Å². The van der Waals surface area contributed by atoms with Crippen LogP contribution in [0.25, 0.3) is 0 Å². The first-order valence-corrected chi connectivity index (χ1v) is 3.46. The summed E-state index contributed by atoms with van der Waals surface area (Å²) in [6, 6.07) is 0. The van der Waals surface area contributed by atoms with Gasteiger partial charge in [0.2, 0.25) is 0 Å². The molecule has 0 fully saturated rings. The molecule has 1 heterocycles. The molecule has 2 nitrogen and oxygen atoms in total. The maximum Gasteiger partial charge on any atom is 0.123 e. The Bertz CT molecular complexity index is 156. The van der Waals surface area contributed by atoms with Crippen LogP contribution in [0.3, 0.4) is 0 Å². The first-order valence-electron chi connectivity index (χ1n) is 3.46. The smallest absolute Gasteiger partial charge is 0.123 e. The number of hydrogen-bond acceptors (Lipinski definition) is 2. The molecule has 2 heteroatoms. The normalized spacial score (nSPS) is 17.6. The van der Waals surface area contributed by atoms with Gasteiger partial charge in [-0.25, -0.2) is 4.99 Å². The molecule has 0 amide bonds. The summed E-state index contributed by atoms with van der Waals surface area (Å²) in [7, 11) is 0. The van der Waals surface area contributed by atoms with Crippen molar-refractivity contribution in [2.24, 2.45) is 9.98 Å². The Morgan fingerprint density at radius 2 is 2.11 bits per heavy atom. The fourth-order valence-electron chi connectivity index (χ4n) is 0.817. The second-order valence-corrected chi connectivity index (χ2v) is 2.12. The maximum absolute atomic E-state index is 4.29. The molecule has 0 bridgehead atoms. The molecule has 0 aliphatic carbocycles. The SMILES string of the molecule is CCC1=NC(CC)=NC1. The summed E-state index contributed by atoms with van der Waals surface area (Å²) in [5.41, 5.74) is 1.23.